The van der Waals surface area contributed by atoms with Gasteiger partial charge >= 0.3 is 130 Å². The summed E-state index contributed by atoms with van der Waals surface area (Å²) in [5.41, 5.74) is 10.6. The number of azo groups is 2. The number of nitrogens with one attached hydrogen (secondary N) is 2. The summed E-state index contributed by atoms with van der Waals surface area (Å²) < 4.78 is 141. The number of quaternary nitrogens is 1. The van der Waals surface area contributed by atoms with Crippen molar-refractivity contribution in [3.05, 3.63) is 78.1 Å². The summed E-state index contributed by atoms with van der Waals surface area (Å²) in [6, 6.07) is 15.5. The first kappa shape index (κ1) is 61.8. The van der Waals surface area contributed by atoms with Crippen LogP contribution >= 0.6 is 47.2 Å². The average Bonchev–Trinajstić information content (AvgIpc) is 3.15. The second-order valence-corrected chi connectivity index (χ2v) is 25.8. The summed E-state index contributed by atoms with van der Waals surface area (Å²) in [5, 5.41) is 20.8. The van der Waals surface area contributed by atoms with Crippen LogP contribution in [-0.4, -0.2) is 101 Å². The third-order valence-corrected chi connectivity index (χ3v) is 12.0. The Morgan fingerprint density at radius 1 is 0.731 bits per heavy atom. The molecule has 0 atom stereocenters. The maximum atomic E-state index is 12.5. The van der Waals surface area contributed by atoms with E-state index >= 15 is 0 Å². The van der Waals surface area contributed by atoms with E-state index < -0.39 is 108 Å². The predicted molar refractivity (Wildman–Crippen MR) is 253 cm³/mol. The van der Waals surface area contributed by atoms with E-state index in [-0.39, 0.29) is 122 Å². The van der Waals surface area contributed by atoms with Crippen LogP contribution in [0.15, 0.2) is 108 Å². The molecule has 5 rings (SSSR count). The van der Waals surface area contributed by atoms with Crippen molar-refractivity contribution < 1.29 is 140 Å². The van der Waals surface area contributed by atoms with Gasteiger partial charge in [-0.2, -0.15) is 20.1 Å². The van der Waals surface area contributed by atoms with Gasteiger partial charge in [0.1, 0.15) is 43.0 Å². The smallest absolute Gasteiger partial charge is 1.00 e. The maximum Gasteiger partial charge on any atom is 1.00 e. The van der Waals surface area contributed by atoms with Gasteiger partial charge in [-0.25, -0.2) is 33.7 Å². The third kappa shape index (κ3) is 19.6. The number of nitrogens with two attached hydrogens (primary N) is 2. The summed E-state index contributed by atoms with van der Waals surface area (Å²) in [6.45, 7) is -0.939. The minimum Gasteiger partial charge on any atom is 1.00 e. The molecule has 34 heteroatoms. The molecule has 0 bridgehead atoms. The van der Waals surface area contributed by atoms with Crippen LogP contribution in [0.1, 0.15) is 0 Å². The summed E-state index contributed by atoms with van der Waals surface area (Å²) in [7, 11) is -13.8. The number of sulfone groups is 1. The van der Waals surface area contributed by atoms with Crippen LogP contribution < -0.4 is 115 Å². The molecule has 4 aromatic carbocycles. The second-order valence-electron chi connectivity index (χ2n) is 13.3. The molecule has 0 aliphatic heterocycles. The SMILES string of the molecule is C[N+](C)(C)c1ccc(Nc2nc(Cl)nc(Nc3ccc(S(=O)(=O)[O-])c(N=Nc4cc(S(=O)(=O)[O-])c(N)c(N=Nc5ccc(S(=O)(=O)CCOS(=O)(=O)[O-])cc5)c4N)c3)n2)cc1.[2H]I(C)I.[Na+].[Na+].[Na+]. The summed E-state index contributed by atoms with van der Waals surface area (Å²) >= 11 is 7.27. The van der Waals surface area contributed by atoms with Crippen molar-refractivity contribution in [2.24, 2.45) is 20.5 Å². The van der Waals surface area contributed by atoms with E-state index in [1.54, 1.807) is 12.1 Å². The zero-order valence-electron chi connectivity index (χ0n) is 37.2. The Bertz CT molecular complexity index is 3100. The number of aromatic nitrogens is 3. The van der Waals surface area contributed by atoms with E-state index in [1.165, 1.54) is 6.07 Å². The number of nitrogens with zero attached hydrogens (tertiary/aromatic N) is 8. The van der Waals surface area contributed by atoms with Crippen molar-refractivity contribution in [2.75, 3.05) is 60.5 Å². The van der Waals surface area contributed by atoms with Gasteiger partial charge < -0.3 is 35.8 Å². The number of alkyl halides is 1. The van der Waals surface area contributed by atoms with Gasteiger partial charge in [-0.1, -0.05) is 0 Å². The molecule has 0 saturated heterocycles. The molecule has 5 aromatic rings. The first-order chi connectivity index (χ1) is 29.9. The van der Waals surface area contributed by atoms with Crippen LogP contribution in [-0.2, 0) is 44.7 Å². The standard InChI is InChI=1S/C32H33ClN12O12S4.CH4I2.3Na/c1-45(2,3)21-9-4-18(5-10-21)36-31-38-30(33)39-32(40-31)37-20-8-13-25(59(48,49)50)23(16-20)42-43-24-17-26(60(51,52)53)28(35)29(27(24)34)44-41-19-6-11-22(12-7-19)58(46,47)15-14-57-61(54,55)56;1-3-2;;;/h4-13,16-17H,14-15,34-35H2,1-3H3,(H4-,36,37,38,39,40,48,49,50,51,52,53,54,55,56);3H,1H3;;;/q;;3*+1/p-2/i;3D;;;. The van der Waals surface area contributed by atoms with Crippen LogP contribution in [0.5, 0.6) is 0 Å². The molecule has 346 valence electrons. The van der Waals surface area contributed by atoms with E-state index in [2.05, 4.69) is 68.8 Å². The Hall–Kier alpha value is -1.36. The number of hydrogen-bond acceptors (Lipinski definition) is 23. The molecule has 0 amide bonds. The summed E-state index contributed by atoms with van der Waals surface area (Å²) in [5.74, 6) is -0.965. The molecule has 0 unspecified atom stereocenters. The van der Waals surface area contributed by atoms with Crippen LogP contribution in [0.25, 0.3) is 0 Å². The maximum absolute atomic E-state index is 12.5. The monoisotopic (exact) mass is 1280 g/mol. The number of nitrogen functional groups attached to an aromatic ring is 2. The van der Waals surface area contributed by atoms with E-state index in [1.807, 2.05) is 38.2 Å². The number of hydrogen-bond donors (Lipinski definition) is 4. The fourth-order valence-electron chi connectivity index (χ4n) is 4.96. The van der Waals surface area contributed by atoms with Crippen LogP contribution in [0.4, 0.5) is 63.1 Å². The van der Waals surface area contributed by atoms with E-state index in [4.69, 9.17) is 23.7 Å². The van der Waals surface area contributed by atoms with Crippen molar-refractivity contribution in [3.8, 4) is 0 Å². The zero-order valence-corrected chi connectivity index (χ0v) is 50.6. The van der Waals surface area contributed by atoms with E-state index in [0.29, 0.717) is 16.2 Å². The van der Waals surface area contributed by atoms with Crippen LogP contribution in [0.3, 0.4) is 0 Å². The summed E-state index contributed by atoms with van der Waals surface area (Å²) in [6.07, 6.45) is 0. The first-order valence-electron chi connectivity index (χ1n) is 17.5. The molecular weight excluding hydrogens is 1240 g/mol. The van der Waals surface area contributed by atoms with Crippen molar-refractivity contribution in [1.82, 2.24) is 19.4 Å². The van der Waals surface area contributed by atoms with Crippen LogP contribution in [0, 0.1) is 0 Å². The molecule has 0 spiro atoms. The van der Waals surface area contributed by atoms with Crippen molar-refractivity contribution >= 4 is 151 Å². The van der Waals surface area contributed by atoms with Crippen LogP contribution in [0.2, 0.25) is 5.28 Å². The Kier molecular flexibility index (Phi) is 24.8. The molecule has 1 aromatic heterocycles. The molecule has 0 radical (unpaired) electrons. The van der Waals surface area contributed by atoms with Crippen molar-refractivity contribution in [1.29, 1.82) is 0.594 Å². The fourth-order valence-corrected chi connectivity index (χ4v) is 7.81. The number of halogens is 3. The third-order valence-electron chi connectivity index (χ3n) is 7.89. The average molecular weight is 1280 g/mol. The molecule has 6 N–H and O–H groups in total. The van der Waals surface area contributed by atoms with Gasteiger partial charge in [0.25, 0.3) is 0 Å². The molecule has 67 heavy (non-hydrogen) atoms. The molecule has 0 saturated carbocycles. The quantitative estimate of drug-likeness (QED) is 0.0111. The van der Waals surface area contributed by atoms with Gasteiger partial charge in [0.05, 0.1) is 65.3 Å². The van der Waals surface area contributed by atoms with Gasteiger partial charge in [-0.3, -0.25) is 8.67 Å². The molecule has 0 aliphatic rings. The van der Waals surface area contributed by atoms with Gasteiger partial charge in [-0.15, -0.1) is 15.3 Å². The predicted octanol–water partition coefficient (Wildman–Crippen LogP) is -3.06. The second kappa shape index (κ2) is 26.9. The van der Waals surface area contributed by atoms with Crippen molar-refractivity contribution in [3.63, 3.8) is 0 Å². The van der Waals surface area contributed by atoms with Gasteiger partial charge in [0.15, 0.2) is 9.84 Å². The Balaban J connectivity index is 0.00000317. The molecular formula is C33H35ClI2N12Na3O12S4+. The molecule has 0 fully saturated rings. The minimum atomic E-state index is -5.37. The Morgan fingerprint density at radius 2 is 1.24 bits per heavy atom. The Labute approximate surface area is 478 Å². The Morgan fingerprint density at radius 3 is 1.75 bits per heavy atom. The zero-order chi connectivity index (χ0) is 48.7. The molecule has 1 heterocycles. The van der Waals surface area contributed by atoms with E-state index in [9.17, 15) is 47.3 Å². The van der Waals surface area contributed by atoms with Gasteiger partial charge in [0, 0.05) is 23.5 Å². The normalized spacial score (nSPS) is 12.4. The number of rotatable bonds is 16. The van der Waals surface area contributed by atoms with Gasteiger partial charge in [-0.05, 0) is 72.3 Å². The van der Waals surface area contributed by atoms with Gasteiger partial charge in [0.2, 0.25) is 27.6 Å². The number of anilines is 6. The van der Waals surface area contributed by atoms with E-state index in [0.717, 1.165) is 42.1 Å². The van der Waals surface area contributed by atoms with Crippen molar-refractivity contribution in [2.45, 2.75) is 14.7 Å². The fraction of sp³-hybridized carbons (Fsp3) is 0.182. The minimum absolute atomic E-state index is 0. The topological polar surface area (TPSA) is 379 Å². The first-order valence-corrected chi connectivity index (χ1v) is 31.8. The number of benzene rings is 4. The summed E-state index contributed by atoms with van der Waals surface area (Å²) in [4.78, 5) is 12.0. The largest absolute Gasteiger partial charge is 1.00 e. The molecule has 24 nitrogen and oxygen atoms in total. The molecule has 0 aliphatic carbocycles.